The Morgan fingerprint density at radius 3 is 2.27 bits per heavy atom. The molecule has 0 aliphatic heterocycles. The summed E-state index contributed by atoms with van der Waals surface area (Å²) in [6, 6.07) is 4.42. The molecule has 1 aromatic carbocycles. The number of anilines is 1. The average molecular weight is 445 g/mol. The number of nitrogens with zero attached hydrogens (tertiary/aromatic N) is 1. The number of ether oxygens (including phenoxy) is 3. The Kier molecular flexibility index (Phi) is 8.46. The highest BCUT2D eigenvalue weighted by Crippen LogP contribution is 2.31. The first kappa shape index (κ1) is 25.0. The lowest BCUT2D eigenvalue weighted by molar-refractivity contribution is -0.138. The van der Waals surface area contributed by atoms with Gasteiger partial charge in [0.1, 0.15) is 17.9 Å². The van der Waals surface area contributed by atoms with Gasteiger partial charge in [-0.2, -0.15) is 8.42 Å². The molecule has 0 aliphatic rings. The van der Waals surface area contributed by atoms with Crippen molar-refractivity contribution in [2.24, 2.45) is 0 Å². The van der Waals surface area contributed by atoms with Crippen molar-refractivity contribution < 1.29 is 37.0 Å². The molecule has 0 atom stereocenters. The fraction of sp³-hybridized carbons (Fsp3) is 0.500. The minimum absolute atomic E-state index is 0.0227. The van der Waals surface area contributed by atoms with Gasteiger partial charge in [0.15, 0.2) is 0 Å². The second-order valence-corrected chi connectivity index (χ2v) is 8.70. The maximum absolute atomic E-state index is 12.8. The Morgan fingerprint density at radius 2 is 1.77 bits per heavy atom. The van der Waals surface area contributed by atoms with E-state index in [1.807, 2.05) is 0 Å². The van der Waals surface area contributed by atoms with Gasteiger partial charge in [0.05, 0.1) is 19.9 Å². The van der Waals surface area contributed by atoms with Crippen molar-refractivity contribution in [2.75, 3.05) is 25.1 Å². The first-order chi connectivity index (χ1) is 13.8. The average Bonchev–Trinajstić information content (AvgIpc) is 2.61. The van der Waals surface area contributed by atoms with Crippen molar-refractivity contribution in [3.8, 4) is 5.75 Å². The van der Waals surface area contributed by atoms with Crippen LogP contribution in [0.2, 0.25) is 0 Å². The molecule has 0 fully saturated rings. The van der Waals surface area contributed by atoms with E-state index >= 15 is 0 Å². The van der Waals surface area contributed by atoms with Crippen molar-refractivity contribution in [2.45, 2.75) is 39.8 Å². The predicted octanol–water partition coefficient (Wildman–Crippen LogP) is 1.08. The van der Waals surface area contributed by atoms with Crippen LogP contribution in [-0.2, 0) is 35.8 Å². The zero-order valence-electron chi connectivity index (χ0n) is 17.8. The third kappa shape index (κ3) is 7.78. The molecule has 0 saturated heterocycles. The smallest absolute Gasteiger partial charge is 0.422 e. The van der Waals surface area contributed by atoms with E-state index in [1.165, 1.54) is 26.2 Å². The summed E-state index contributed by atoms with van der Waals surface area (Å²) in [5, 5.41) is 2.61. The fourth-order valence-corrected chi connectivity index (χ4v) is 3.25. The number of carbonyl (C=O) groups is 3. The van der Waals surface area contributed by atoms with E-state index in [1.54, 1.807) is 31.6 Å². The molecule has 0 bridgehead atoms. The van der Waals surface area contributed by atoms with Crippen LogP contribution in [0.4, 0.5) is 10.5 Å². The van der Waals surface area contributed by atoms with Crippen LogP contribution in [0, 0.1) is 0 Å². The first-order valence-corrected chi connectivity index (χ1v) is 10.2. The van der Waals surface area contributed by atoms with Gasteiger partial charge >= 0.3 is 22.3 Å². The Morgan fingerprint density at radius 1 is 1.13 bits per heavy atom. The van der Waals surface area contributed by atoms with Crippen molar-refractivity contribution >= 4 is 33.9 Å². The summed E-state index contributed by atoms with van der Waals surface area (Å²) in [6.45, 7) is 5.53. The molecule has 11 nitrogen and oxygen atoms in total. The second kappa shape index (κ2) is 10.1. The maximum atomic E-state index is 12.8. The van der Waals surface area contributed by atoms with Crippen LogP contribution in [0.3, 0.4) is 0 Å². The van der Waals surface area contributed by atoms with Crippen LogP contribution in [0.1, 0.15) is 33.3 Å². The van der Waals surface area contributed by atoms with Crippen molar-refractivity contribution in [1.82, 2.24) is 10.0 Å². The predicted molar refractivity (Wildman–Crippen MR) is 108 cm³/mol. The van der Waals surface area contributed by atoms with E-state index < -0.39 is 34.4 Å². The number of carbonyl (C=O) groups excluding carboxylic acids is 3. The zero-order chi connectivity index (χ0) is 23.1. The lowest BCUT2D eigenvalue weighted by atomic mass is 10.2. The molecule has 0 aromatic heterocycles. The van der Waals surface area contributed by atoms with E-state index in [2.05, 4.69) is 10.1 Å². The minimum Gasteiger partial charge on any atom is -0.495 e. The molecule has 0 aliphatic carbocycles. The molecule has 30 heavy (non-hydrogen) atoms. The van der Waals surface area contributed by atoms with E-state index in [4.69, 9.17) is 9.47 Å². The van der Waals surface area contributed by atoms with Crippen molar-refractivity contribution in [3.05, 3.63) is 23.8 Å². The number of methoxy groups -OCH3 is 2. The van der Waals surface area contributed by atoms with Gasteiger partial charge in [0.2, 0.25) is 5.91 Å². The molecular weight excluding hydrogens is 418 g/mol. The Balaban J connectivity index is 3.31. The summed E-state index contributed by atoms with van der Waals surface area (Å²) in [5.41, 5.74) is -0.331. The molecule has 0 saturated carbocycles. The second-order valence-electron chi connectivity index (χ2n) is 7.11. The van der Waals surface area contributed by atoms with E-state index in [9.17, 15) is 22.8 Å². The Hall–Kier alpha value is -3.02. The molecule has 0 heterocycles. The van der Waals surface area contributed by atoms with Crippen LogP contribution >= 0.6 is 0 Å². The largest absolute Gasteiger partial charge is 0.495 e. The Bertz CT molecular complexity index is 893. The number of hydrogen-bond donors (Lipinski definition) is 2. The van der Waals surface area contributed by atoms with E-state index in [0.717, 1.165) is 7.11 Å². The van der Waals surface area contributed by atoms with Crippen LogP contribution < -0.4 is 19.1 Å². The zero-order valence-corrected chi connectivity index (χ0v) is 18.6. The minimum atomic E-state index is -4.57. The van der Waals surface area contributed by atoms with Gasteiger partial charge in [-0.15, -0.1) is 0 Å². The van der Waals surface area contributed by atoms with Crippen molar-refractivity contribution in [3.63, 3.8) is 0 Å². The summed E-state index contributed by atoms with van der Waals surface area (Å²) >= 11 is 0. The van der Waals surface area contributed by atoms with E-state index in [0.29, 0.717) is 9.87 Å². The number of esters is 1. The highest BCUT2D eigenvalue weighted by atomic mass is 32.2. The van der Waals surface area contributed by atoms with Crippen LogP contribution in [-0.4, -0.2) is 52.8 Å². The molecule has 12 heteroatoms. The lowest BCUT2D eigenvalue weighted by Gasteiger charge is -2.26. The van der Waals surface area contributed by atoms with Gasteiger partial charge in [-0.3, -0.25) is 9.59 Å². The monoisotopic (exact) mass is 445 g/mol. The maximum Gasteiger partial charge on any atom is 0.422 e. The molecule has 1 rings (SSSR count). The first-order valence-electron chi connectivity index (χ1n) is 8.80. The van der Waals surface area contributed by atoms with Crippen LogP contribution in [0.5, 0.6) is 5.75 Å². The quantitative estimate of drug-likeness (QED) is 0.567. The van der Waals surface area contributed by atoms with Gasteiger partial charge in [0.25, 0.3) is 0 Å². The molecule has 1 aromatic rings. The highest BCUT2D eigenvalue weighted by Gasteiger charge is 2.31. The number of rotatable bonds is 8. The summed E-state index contributed by atoms with van der Waals surface area (Å²) in [4.78, 5) is 34.9. The van der Waals surface area contributed by atoms with Gasteiger partial charge in [-0.05, 0) is 38.5 Å². The molecular formula is C18H27N3O8S. The highest BCUT2D eigenvalue weighted by molar-refractivity contribution is 7.91. The van der Waals surface area contributed by atoms with E-state index in [-0.39, 0.29) is 23.9 Å². The summed E-state index contributed by atoms with van der Waals surface area (Å²) in [6.07, 6.45) is -1.21. The van der Waals surface area contributed by atoms with Crippen LogP contribution in [0.25, 0.3) is 0 Å². The SMILES string of the molecule is COC(=O)CN(c1ccc(CNC(C)=O)cc1OC)S(=O)(=O)NC(=O)OC(C)(C)C. The molecule has 2 N–H and O–H groups in total. The molecule has 2 amide bonds. The number of benzene rings is 1. The van der Waals surface area contributed by atoms with Crippen molar-refractivity contribution in [1.29, 1.82) is 0 Å². The van der Waals surface area contributed by atoms with Gasteiger partial charge in [-0.25, -0.2) is 13.8 Å². The topological polar surface area (TPSA) is 140 Å². The third-order valence-corrected chi connectivity index (χ3v) is 4.79. The third-order valence-electron chi connectivity index (χ3n) is 3.46. The summed E-state index contributed by atoms with van der Waals surface area (Å²) in [7, 11) is -2.15. The molecule has 0 unspecified atom stereocenters. The van der Waals surface area contributed by atoms with Gasteiger partial charge < -0.3 is 19.5 Å². The van der Waals surface area contributed by atoms with Gasteiger partial charge in [-0.1, -0.05) is 6.07 Å². The normalized spacial score (nSPS) is 11.3. The Labute approximate surface area is 175 Å². The standard InChI is InChI=1S/C18H27N3O8S/c1-12(22)19-10-13-7-8-14(15(9-13)27-5)21(11-16(23)28-6)30(25,26)20-17(24)29-18(2,3)4/h7-9H,10-11H2,1-6H3,(H,19,22)(H,20,24). The molecule has 168 valence electrons. The number of nitrogens with one attached hydrogen (secondary N) is 2. The number of hydrogen-bond acceptors (Lipinski definition) is 8. The van der Waals surface area contributed by atoms with Crippen LogP contribution in [0.15, 0.2) is 18.2 Å². The summed E-state index contributed by atoms with van der Waals surface area (Å²) < 4.78 is 42.9. The lowest BCUT2D eigenvalue weighted by Crippen LogP contribution is -2.47. The van der Waals surface area contributed by atoms with Gasteiger partial charge in [0, 0.05) is 13.5 Å². The fourth-order valence-electron chi connectivity index (χ4n) is 2.21. The number of amides is 2. The molecule has 0 spiro atoms. The summed E-state index contributed by atoms with van der Waals surface area (Å²) in [5.74, 6) is -1.01. The molecule has 0 radical (unpaired) electrons.